The predicted octanol–water partition coefficient (Wildman–Crippen LogP) is 0.919. The van der Waals surface area contributed by atoms with Crippen molar-refractivity contribution >= 4 is 11.9 Å². The summed E-state index contributed by atoms with van der Waals surface area (Å²) in [4.78, 5) is 25.1. The standard InChI is InChI=1S/C16H19NO5/c1-9-5-11-7-13(22-12(11)6-10(9)2)15(18)17-3-4-21-14(8-17)16(19)20/h5-6,13-14H,3-4,7-8H2,1-2H3,(H,19,20)/t13-,14-/m0/s1. The number of benzene rings is 1. The molecule has 0 spiro atoms. The minimum Gasteiger partial charge on any atom is -0.480 e. The summed E-state index contributed by atoms with van der Waals surface area (Å²) in [5, 5.41) is 9.01. The van der Waals surface area contributed by atoms with Crippen molar-refractivity contribution in [2.75, 3.05) is 19.7 Å². The van der Waals surface area contributed by atoms with Gasteiger partial charge in [-0.15, -0.1) is 0 Å². The zero-order valence-electron chi connectivity index (χ0n) is 12.7. The van der Waals surface area contributed by atoms with Crippen LogP contribution in [-0.4, -0.2) is 53.8 Å². The van der Waals surface area contributed by atoms with Crippen LogP contribution < -0.4 is 4.74 Å². The molecule has 1 saturated heterocycles. The normalized spacial score (nSPS) is 23.8. The molecule has 6 heteroatoms. The van der Waals surface area contributed by atoms with Crippen molar-refractivity contribution in [1.29, 1.82) is 0 Å². The van der Waals surface area contributed by atoms with Crippen molar-refractivity contribution in [2.24, 2.45) is 0 Å². The topological polar surface area (TPSA) is 76.1 Å². The highest BCUT2D eigenvalue weighted by Gasteiger charge is 2.36. The zero-order chi connectivity index (χ0) is 15.9. The van der Waals surface area contributed by atoms with E-state index in [1.54, 1.807) is 0 Å². The summed E-state index contributed by atoms with van der Waals surface area (Å²) in [6.45, 7) is 4.75. The van der Waals surface area contributed by atoms with Crippen molar-refractivity contribution in [2.45, 2.75) is 32.5 Å². The average Bonchev–Trinajstić information content (AvgIpc) is 2.89. The fraction of sp³-hybridized carbons (Fsp3) is 0.500. The molecule has 1 fully saturated rings. The molecule has 2 heterocycles. The molecule has 1 aromatic rings. The van der Waals surface area contributed by atoms with Crippen LogP contribution in [0.5, 0.6) is 5.75 Å². The quantitative estimate of drug-likeness (QED) is 0.879. The first-order chi connectivity index (χ1) is 10.5. The van der Waals surface area contributed by atoms with Crippen molar-refractivity contribution < 1.29 is 24.2 Å². The Morgan fingerprint density at radius 1 is 1.23 bits per heavy atom. The van der Waals surface area contributed by atoms with Crippen LogP contribution in [0.4, 0.5) is 0 Å². The van der Waals surface area contributed by atoms with Crippen LogP contribution >= 0.6 is 0 Å². The number of aryl methyl sites for hydroxylation is 2. The number of fused-ring (bicyclic) bond motifs is 1. The number of amides is 1. The number of carboxylic acid groups (broad SMARTS) is 1. The predicted molar refractivity (Wildman–Crippen MR) is 78.0 cm³/mol. The number of carbonyl (C=O) groups excluding carboxylic acids is 1. The van der Waals surface area contributed by atoms with E-state index in [1.165, 1.54) is 10.5 Å². The lowest BCUT2D eigenvalue weighted by Gasteiger charge is -2.32. The van der Waals surface area contributed by atoms with Gasteiger partial charge in [-0.05, 0) is 36.6 Å². The van der Waals surface area contributed by atoms with Gasteiger partial charge in [0.05, 0.1) is 13.2 Å². The molecule has 2 aliphatic rings. The SMILES string of the molecule is Cc1cc2c(cc1C)O[C@H](C(=O)N1CCO[C@H](C(=O)O)C1)C2. The molecule has 2 atom stereocenters. The van der Waals surface area contributed by atoms with Crippen LogP contribution in [0.25, 0.3) is 0 Å². The molecule has 6 nitrogen and oxygen atoms in total. The van der Waals surface area contributed by atoms with Gasteiger partial charge < -0.3 is 19.5 Å². The maximum atomic E-state index is 12.6. The van der Waals surface area contributed by atoms with Gasteiger partial charge in [-0.25, -0.2) is 4.79 Å². The van der Waals surface area contributed by atoms with E-state index in [0.29, 0.717) is 13.0 Å². The van der Waals surface area contributed by atoms with Gasteiger partial charge in [0.2, 0.25) is 0 Å². The number of ether oxygens (including phenoxy) is 2. The molecule has 1 N–H and O–H groups in total. The Kier molecular flexibility index (Phi) is 3.78. The number of hydrogen-bond acceptors (Lipinski definition) is 4. The molecule has 1 amide bonds. The van der Waals surface area contributed by atoms with Crippen molar-refractivity contribution in [3.63, 3.8) is 0 Å². The number of carbonyl (C=O) groups is 2. The molecule has 0 radical (unpaired) electrons. The fourth-order valence-electron chi connectivity index (χ4n) is 2.85. The molecule has 0 bridgehead atoms. The number of hydrogen-bond donors (Lipinski definition) is 1. The Balaban J connectivity index is 1.71. The van der Waals surface area contributed by atoms with Crippen LogP contribution in [0.3, 0.4) is 0 Å². The second kappa shape index (κ2) is 5.61. The maximum Gasteiger partial charge on any atom is 0.334 e. The first kappa shape index (κ1) is 14.8. The van der Waals surface area contributed by atoms with E-state index in [0.717, 1.165) is 16.9 Å². The van der Waals surface area contributed by atoms with Gasteiger partial charge in [0, 0.05) is 13.0 Å². The molecule has 3 rings (SSSR count). The van der Waals surface area contributed by atoms with Gasteiger partial charge in [0.15, 0.2) is 12.2 Å². The first-order valence-electron chi connectivity index (χ1n) is 7.35. The lowest BCUT2D eigenvalue weighted by Crippen LogP contribution is -2.52. The largest absolute Gasteiger partial charge is 0.480 e. The summed E-state index contributed by atoms with van der Waals surface area (Å²) in [7, 11) is 0. The molecular weight excluding hydrogens is 286 g/mol. The van der Waals surface area contributed by atoms with Gasteiger partial charge in [-0.3, -0.25) is 4.79 Å². The minimum atomic E-state index is -1.04. The summed E-state index contributed by atoms with van der Waals surface area (Å²) in [6, 6.07) is 4.01. The lowest BCUT2D eigenvalue weighted by atomic mass is 10.0. The molecule has 22 heavy (non-hydrogen) atoms. The molecule has 0 unspecified atom stereocenters. The summed E-state index contributed by atoms with van der Waals surface area (Å²) < 4.78 is 10.9. The second-order valence-electron chi connectivity index (χ2n) is 5.84. The van der Waals surface area contributed by atoms with Crippen molar-refractivity contribution in [3.05, 3.63) is 28.8 Å². The number of aliphatic carboxylic acids is 1. The summed E-state index contributed by atoms with van der Waals surface area (Å²) in [5.74, 6) is -0.454. The Labute approximate surface area is 128 Å². The van der Waals surface area contributed by atoms with E-state index in [4.69, 9.17) is 14.6 Å². The van der Waals surface area contributed by atoms with Crippen molar-refractivity contribution in [3.8, 4) is 5.75 Å². The van der Waals surface area contributed by atoms with Gasteiger partial charge in [0.1, 0.15) is 5.75 Å². The summed E-state index contributed by atoms with van der Waals surface area (Å²) in [6.07, 6.45) is -0.987. The first-order valence-corrected chi connectivity index (χ1v) is 7.35. The molecular formula is C16H19NO5. The molecule has 0 aromatic heterocycles. The molecule has 2 aliphatic heterocycles. The van der Waals surface area contributed by atoms with E-state index in [1.807, 2.05) is 19.9 Å². The summed E-state index contributed by atoms with van der Waals surface area (Å²) in [5.41, 5.74) is 3.33. The van der Waals surface area contributed by atoms with Gasteiger partial charge >= 0.3 is 5.97 Å². The van der Waals surface area contributed by atoms with E-state index in [-0.39, 0.29) is 19.1 Å². The van der Waals surface area contributed by atoms with Crippen LogP contribution in [0, 0.1) is 13.8 Å². The zero-order valence-corrected chi connectivity index (χ0v) is 12.7. The highest BCUT2D eigenvalue weighted by atomic mass is 16.5. The monoisotopic (exact) mass is 305 g/mol. The van der Waals surface area contributed by atoms with Crippen LogP contribution in [0.15, 0.2) is 12.1 Å². The lowest BCUT2D eigenvalue weighted by molar-refractivity contribution is -0.161. The number of nitrogens with zero attached hydrogens (tertiary/aromatic N) is 1. The molecule has 1 aromatic carbocycles. The smallest absolute Gasteiger partial charge is 0.334 e. The molecule has 0 aliphatic carbocycles. The van der Waals surface area contributed by atoms with Gasteiger partial charge in [-0.2, -0.15) is 0 Å². The number of carboxylic acids is 1. The Hall–Kier alpha value is -2.08. The third kappa shape index (κ3) is 2.66. The molecule has 0 saturated carbocycles. The van der Waals surface area contributed by atoms with Crippen LogP contribution in [0.2, 0.25) is 0 Å². The van der Waals surface area contributed by atoms with E-state index >= 15 is 0 Å². The van der Waals surface area contributed by atoms with Crippen LogP contribution in [-0.2, 0) is 20.7 Å². The third-order valence-electron chi connectivity index (χ3n) is 4.28. The van der Waals surface area contributed by atoms with Gasteiger partial charge in [0.25, 0.3) is 5.91 Å². The Bertz CT molecular complexity index is 596. The molecule has 118 valence electrons. The summed E-state index contributed by atoms with van der Waals surface area (Å²) >= 11 is 0. The number of rotatable bonds is 2. The van der Waals surface area contributed by atoms with E-state index in [9.17, 15) is 9.59 Å². The third-order valence-corrected chi connectivity index (χ3v) is 4.28. The highest BCUT2D eigenvalue weighted by Crippen LogP contribution is 2.32. The van der Waals surface area contributed by atoms with E-state index in [2.05, 4.69) is 6.07 Å². The van der Waals surface area contributed by atoms with Crippen LogP contribution in [0.1, 0.15) is 16.7 Å². The average molecular weight is 305 g/mol. The number of morpholine rings is 1. The second-order valence-corrected chi connectivity index (χ2v) is 5.84. The Morgan fingerprint density at radius 2 is 1.95 bits per heavy atom. The van der Waals surface area contributed by atoms with Gasteiger partial charge in [-0.1, -0.05) is 6.07 Å². The maximum absolute atomic E-state index is 12.6. The fourth-order valence-corrected chi connectivity index (χ4v) is 2.85. The minimum absolute atomic E-state index is 0.0719. The highest BCUT2D eigenvalue weighted by molar-refractivity contribution is 5.84. The van der Waals surface area contributed by atoms with E-state index < -0.39 is 18.2 Å². The van der Waals surface area contributed by atoms with Crippen molar-refractivity contribution in [1.82, 2.24) is 4.90 Å². The Morgan fingerprint density at radius 3 is 2.68 bits per heavy atom.